The van der Waals surface area contributed by atoms with Crippen molar-refractivity contribution in [3.63, 3.8) is 0 Å². The molecule has 0 aromatic carbocycles. The van der Waals surface area contributed by atoms with Crippen molar-refractivity contribution in [2.75, 3.05) is 24.6 Å². The number of hydrogen-bond acceptors (Lipinski definition) is 4. The molecule has 0 rings (SSSR count). The second-order valence-corrected chi connectivity index (χ2v) is 5.71. The molecule has 14 heavy (non-hydrogen) atoms. The summed E-state index contributed by atoms with van der Waals surface area (Å²) < 4.78 is 22.6. The first-order valence-electron chi connectivity index (χ1n) is 5.11. The molecule has 0 heterocycles. The van der Waals surface area contributed by atoms with Gasteiger partial charge in [0.25, 0.3) is 0 Å². The molecule has 1 unspecified atom stereocenters. The van der Waals surface area contributed by atoms with E-state index in [1.807, 2.05) is 13.8 Å². The van der Waals surface area contributed by atoms with Gasteiger partial charge in [0.1, 0.15) is 9.84 Å². The van der Waals surface area contributed by atoms with Crippen molar-refractivity contribution in [1.29, 1.82) is 0 Å². The molecule has 0 aromatic rings. The van der Waals surface area contributed by atoms with Gasteiger partial charge in [-0.3, -0.25) is 0 Å². The van der Waals surface area contributed by atoms with Crippen LogP contribution in [0.4, 0.5) is 0 Å². The van der Waals surface area contributed by atoms with E-state index in [9.17, 15) is 13.5 Å². The van der Waals surface area contributed by atoms with Crippen LogP contribution >= 0.6 is 0 Å². The highest BCUT2D eigenvalue weighted by atomic mass is 32.2. The van der Waals surface area contributed by atoms with Crippen LogP contribution in [-0.2, 0) is 9.84 Å². The molecule has 0 bridgehead atoms. The molecule has 0 aliphatic rings. The SMILES string of the molecule is CCCS(=O)(=O)CCC(O)CNCC. The normalized spacial score (nSPS) is 14.2. The molecule has 86 valence electrons. The lowest BCUT2D eigenvalue weighted by Gasteiger charge is -2.10. The number of sulfone groups is 1. The topological polar surface area (TPSA) is 66.4 Å². The molecular weight excluding hydrogens is 202 g/mol. The summed E-state index contributed by atoms with van der Waals surface area (Å²) in [4.78, 5) is 0. The minimum Gasteiger partial charge on any atom is -0.392 e. The molecule has 0 amide bonds. The predicted octanol–water partition coefficient (Wildman–Crippen LogP) is 0.172. The summed E-state index contributed by atoms with van der Waals surface area (Å²) in [6, 6.07) is 0. The van der Waals surface area contributed by atoms with E-state index >= 15 is 0 Å². The van der Waals surface area contributed by atoms with Gasteiger partial charge in [-0.2, -0.15) is 0 Å². The molecule has 0 saturated carbocycles. The number of rotatable bonds is 8. The van der Waals surface area contributed by atoms with E-state index in [4.69, 9.17) is 0 Å². The van der Waals surface area contributed by atoms with Gasteiger partial charge in [0.15, 0.2) is 0 Å². The average molecular weight is 223 g/mol. The lowest BCUT2D eigenvalue weighted by molar-refractivity contribution is 0.169. The highest BCUT2D eigenvalue weighted by molar-refractivity contribution is 7.91. The van der Waals surface area contributed by atoms with E-state index in [2.05, 4.69) is 5.32 Å². The first-order chi connectivity index (χ1) is 6.52. The molecule has 5 heteroatoms. The molecule has 1 atom stereocenters. The predicted molar refractivity (Wildman–Crippen MR) is 58.1 cm³/mol. The van der Waals surface area contributed by atoms with E-state index in [1.165, 1.54) is 0 Å². The maximum Gasteiger partial charge on any atom is 0.150 e. The summed E-state index contributed by atoms with van der Waals surface area (Å²) in [5.74, 6) is 0.314. The lowest BCUT2D eigenvalue weighted by Crippen LogP contribution is -2.28. The maximum atomic E-state index is 11.3. The zero-order valence-electron chi connectivity index (χ0n) is 8.99. The van der Waals surface area contributed by atoms with Gasteiger partial charge in [0.2, 0.25) is 0 Å². The van der Waals surface area contributed by atoms with Crippen molar-refractivity contribution in [2.45, 2.75) is 32.8 Å². The Morgan fingerprint density at radius 2 is 1.93 bits per heavy atom. The van der Waals surface area contributed by atoms with Gasteiger partial charge in [-0.05, 0) is 19.4 Å². The molecule has 0 radical (unpaired) electrons. The average Bonchev–Trinajstić information content (AvgIpc) is 2.11. The Hall–Kier alpha value is -0.130. The molecule has 0 saturated heterocycles. The lowest BCUT2D eigenvalue weighted by atomic mass is 10.3. The van der Waals surface area contributed by atoms with Crippen LogP contribution in [0.3, 0.4) is 0 Å². The monoisotopic (exact) mass is 223 g/mol. The van der Waals surface area contributed by atoms with Gasteiger partial charge in [-0.25, -0.2) is 8.42 Å². The smallest absolute Gasteiger partial charge is 0.150 e. The van der Waals surface area contributed by atoms with Crippen molar-refractivity contribution in [3.05, 3.63) is 0 Å². The Bertz CT molecular complexity index is 226. The van der Waals surface area contributed by atoms with Crippen LogP contribution < -0.4 is 5.32 Å². The van der Waals surface area contributed by atoms with Crippen molar-refractivity contribution >= 4 is 9.84 Å². The Morgan fingerprint density at radius 3 is 2.43 bits per heavy atom. The van der Waals surface area contributed by atoms with Gasteiger partial charge in [0, 0.05) is 12.3 Å². The highest BCUT2D eigenvalue weighted by Crippen LogP contribution is 1.99. The number of hydrogen-bond donors (Lipinski definition) is 2. The number of aliphatic hydroxyl groups excluding tert-OH is 1. The minimum atomic E-state index is -2.94. The van der Waals surface area contributed by atoms with Gasteiger partial charge in [-0.15, -0.1) is 0 Å². The third-order valence-corrected chi connectivity index (χ3v) is 3.80. The standard InChI is InChI=1S/C9H21NO3S/c1-3-6-14(12,13)7-5-9(11)8-10-4-2/h9-11H,3-8H2,1-2H3. The van der Waals surface area contributed by atoms with Gasteiger partial charge >= 0.3 is 0 Å². The van der Waals surface area contributed by atoms with E-state index in [1.54, 1.807) is 0 Å². The fraction of sp³-hybridized carbons (Fsp3) is 1.00. The number of aliphatic hydroxyl groups is 1. The zero-order chi connectivity index (χ0) is 11.0. The molecule has 0 fully saturated rings. The summed E-state index contributed by atoms with van der Waals surface area (Å²) in [6.45, 7) is 5.05. The van der Waals surface area contributed by atoms with E-state index in [-0.39, 0.29) is 11.5 Å². The van der Waals surface area contributed by atoms with Crippen LogP contribution in [0.25, 0.3) is 0 Å². The fourth-order valence-electron chi connectivity index (χ4n) is 1.14. The molecule has 4 nitrogen and oxygen atoms in total. The highest BCUT2D eigenvalue weighted by Gasteiger charge is 2.12. The van der Waals surface area contributed by atoms with E-state index in [0.29, 0.717) is 19.4 Å². The Balaban J connectivity index is 3.70. The largest absolute Gasteiger partial charge is 0.392 e. The summed E-state index contributed by atoms with van der Waals surface area (Å²) in [6.07, 6.45) is 0.419. The molecule has 0 spiro atoms. The quantitative estimate of drug-likeness (QED) is 0.616. The maximum absolute atomic E-state index is 11.3. The fourth-order valence-corrected chi connectivity index (χ4v) is 2.60. The Labute approximate surface area is 86.6 Å². The zero-order valence-corrected chi connectivity index (χ0v) is 9.81. The molecule has 0 aromatic heterocycles. The number of nitrogens with one attached hydrogen (secondary N) is 1. The summed E-state index contributed by atoms with van der Waals surface area (Å²) in [5, 5.41) is 12.4. The first-order valence-corrected chi connectivity index (χ1v) is 6.93. The Morgan fingerprint density at radius 1 is 1.29 bits per heavy atom. The number of likely N-dealkylation sites (N-methyl/N-ethyl adjacent to an activating group) is 1. The third kappa shape index (κ3) is 7.29. The van der Waals surface area contributed by atoms with Gasteiger partial charge in [-0.1, -0.05) is 13.8 Å². The van der Waals surface area contributed by atoms with Crippen LogP contribution in [0.5, 0.6) is 0 Å². The molecule has 0 aliphatic carbocycles. The van der Waals surface area contributed by atoms with Crippen LogP contribution in [0.15, 0.2) is 0 Å². The Kier molecular flexibility index (Phi) is 7.13. The van der Waals surface area contributed by atoms with Gasteiger partial charge in [0.05, 0.1) is 11.9 Å². The second-order valence-electron chi connectivity index (χ2n) is 3.40. The van der Waals surface area contributed by atoms with Crippen LogP contribution in [0.2, 0.25) is 0 Å². The van der Waals surface area contributed by atoms with Crippen LogP contribution in [0, 0.1) is 0 Å². The molecule has 0 aliphatic heterocycles. The summed E-state index contributed by atoms with van der Waals surface area (Å²) in [5.41, 5.74) is 0. The van der Waals surface area contributed by atoms with Crippen molar-refractivity contribution < 1.29 is 13.5 Å². The minimum absolute atomic E-state index is 0.0907. The van der Waals surface area contributed by atoms with Crippen LogP contribution in [-0.4, -0.2) is 44.2 Å². The second kappa shape index (κ2) is 7.20. The first kappa shape index (κ1) is 13.9. The van der Waals surface area contributed by atoms with E-state index < -0.39 is 15.9 Å². The summed E-state index contributed by atoms with van der Waals surface area (Å²) in [7, 11) is -2.94. The van der Waals surface area contributed by atoms with Crippen molar-refractivity contribution in [2.24, 2.45) is 0 Å². The molecule has 2 N–H and O–H groups in total. The van der Waals surface area contributed by atoms with Crippen molar-refractivity contribution in [3.8, 4) is 0 Å². The van der Waals surface area contributed by atoms with Crippen LogP contribution in [0.1, 0.15) is 26.7 Å². The van der Waals surface area contributed by atoms with E-state index in [0.717, 1.165) is 6.54 Å². The van der Waals surface area contributed by atoms with Gasteiger partial charge < -0.3 is 10.4 Å². The third-order valence-electron chi connectivity index (χ3n) is 1.91. The summed E-state index contributed by atoms with van der Waals surface area (Å²) >= 11 is 0. The molecular formula is C9H21NO3S. The van der Waals surface area contributed by atoms with Crippen molar-refractivity contribution in [1.82, 2.24) is 5.32 Å².